The van der Waals surface area contributed by atoms with Crippen LogP contribution in [0.25, 0.3) is 0 Å². The summed E-state index contributed by atoms with van der Waals surface area (Å²) in [4.78, 5) is 12.0. The molecule has 3 heteroatoms. The van der Waals surface area contributed by atoms with Crippen LogP contribution in [-0.4, -0.2) is 11.9 Å². The molecule has 1 amide bonds. The van der Waals surface area contributed by atoms with Crippen LogP contribution < -0.4 is 5.32 Å². The predicted octanol–water partition coefficient (Wildman–Crippen LogP) is 4.28. The Balaban J connectivity index is 1.79. The summed E-state index contributed by atoms with van der Waals surface area (Å²) < 4.78 is 0. The minimum absolute atomic E-state index is 0.157. The molecule has 110 valence electrons. The molecule has 1 N–H and O–H groups in total. The van der Waals surface area contributed by atoms with Crippen molar-refractivity contribution >= 4 is 17.5 Å². The predicted molar refractivity (Wildman–Crippen MR) is 84.1 cm³/mol. The molecule has 20 heavy (non-hydrogen) atoms. The van der Waals surface area contributed by atoms with Crippen LogP contribution in [0.3, 0.4) is 0 Å². The Morgan fingerprint density at radius 1 is 1.45 bits per heavy atom. The standard InChI is InChI=1S/C17H24ClNO/c1-12-4-5-13(10-15(12)18)6-7-16(20)19-14-8-9-17(2,3)11-14/h4-5,10,14H,6-9,11H2,1-3H3,(H,19,20). The number of amides is 1. The highest BCUT2D eigenvalue weighted by Crippen LogP contribution is 2.36. The van der Waals surface area contributed by atoms with Crippen molar-refractivity contribution in [1.82, 2.24) is 5.32 Å². The van der Waals surface area contributed by atoms with Crippen LogP contribution in [0, 0.1) is 12.3 Å². The first kappa shape index (κ1) is 15.4. The first-order valence-corrected chi connectivity index (χ1v) is 7.78. The molecule has 1 aliphatic carbocycles. The fraction of sp³-hybridized carbons (Fsp3) is 0.588. The summed E-state index contributed by atoms with van der Waals surface area (Å²) in [7, 11) is 0. The number of hydrogen-bond acceptors (Lipinski definition) is 1. The van der Waals surface area contributed by atoms with E-state index < -0.39 is 0 Å². The van der Waals surface area contributed by atoms with E-state index in [0.717, 1.165) is 35.4 Å². The summed E-state index contributed by atoms with van der Waals surface area (Å²) in [5.41, 5.74) is 2.58. The van der Waals surface area contributed by atoms with Gasteiger partial charge in [-0.2, -0.15) is 0 Å². The zero-order chi connectivity index (χ0) is 14.8. The minimum atomic E-state index is 0.157. The van der Waals surface area contributed by atoms with E-state index in [1.807, 2.05) is 25.1 Å². The van der Waals surface area contributed by atoms with E-state index in [9.17, 15) is 4.79 Å². The number of hydrogen-bond donors (Lipinski definition) is 1. The second kappa shape index (κ2) is 6.17. The van der Waals surface area contributed by atoms with Crippen molar-refractivity contribution in [3.05, 3.63) is 34.3 Å². The lowest BCUT2D eigenvalue weighted by atomic mass is 9.92. The van der Waals surface area contributed by atoms with E-state index in [4.69, 9.17) is 11.6 Å². The number of carbonyl (C=O) groups excluding carboxylic acids is 1. The Bertz CT molecular complexity index is 496. The van der Waals surface area contributed by atoms with Crippen LogP contribution in [0.2, 0.25) is 5.02 Å². The summed E-state index contributed by atoms with van der Waals surface area (Å²) >= 11 is 6.10. The second-order valence-electron chi connectivity index (χ2n) is 6.75. The number of halogens is 1. The van der Waals surface area contributed by atoms with E-state index >= 15 is 0 Å². The number of rotatable bonds is 4. The molecule has 1 unspecified atom stereocenters. The third-order valence-corrected chi connectivity index (χ3v) is 4.62. The average Bonchev–Trinajstić information content (AvgIpc) is 2.70. The van der Waals surface area contributed by atoms with Crippen LogP contribution in [0.1, 0.15) is 50.7 Å². The molecule has 2 nitrogen and oxygen atoms in total. The van der Waals surface area contributed by atoms with E-state index in [1.54, 1.807) is 0 Å². The van der Waals surface area contributed by atoms with Crippen molar-refractivity contribution in [1.29, 1.82) is 0 Å². The molecule has 0 radical (unpaired) electrons. The highest BCUT2D eigenvalue weighted by Gasteiger charge is 2.31. The molecule has 0 aliphatic heterocycles. The Kier molecular flexibility index (Phi) is 4.74. The van der Waals surface area contributed by atoms with E-state index in [1.165, 1.54) is 6.42 Å². The summed E-state index contributed by atoms with van der Waals surface area (Å²) in [6.45, 7) is 6.53. The summed E-state index contributed by atoms with van der Waals surface area (Å²) in [5.74, 6) is 0.157. The molecule has 1 aromatic rings. The number of nitrogens with one attached hydrogen (secondary N) is 1. The maximum atomic E-state index is 12.0. The third-order valence-electron chi connectivity index (χ3n) is 4.21. The summed E-state index contributed by atoms with van der Waals surface area (Å²) in [6.07, 6.45) is 4.69. The Labute approximate surface area is 126 Å². The maximum absolute atomic E-state index is 12.0. The lowest BCUT2D eigenvalue weighted by molar-refractivity contribution is -0.121. The summed E-state index contributed by atoms with van der Waals surface area (Å²) in [6, 6.07) is 6.38. The van der Waals surface area contributed by atoms with Crippen molar-refractivity contribution in [2.45, 2.75) is 58.9 Å². The molecule has 1 saturated carbocycles. The van der Waals surface area contributed by atoms with Gasteiger partial charge >= 0.3 is 0 Å². The fourth-order valence-corrected chi connectivity index (χ4v) is 3.11. The van der Waals surface area contributed by atoms with Gasteiger partial charge in [0.15, 0.2) is 0 Å². The lowest BCUT2D eigenvalue weighted by Gasteiger charge is -2.17. The van der Waals surface area contributed by atoms with Crippen molar-refractivity contribution in [3.63, 3.8) is 0 Å². The number of carbonyl (C=O) groups is 1. The minimum Gasteiger partial charge on any atom is -0.353 e. The van der Waals surface area contributed by atoms with Gasteiger partial charge in [0, 0.05) is 17.5 Å². The van der Waals surface area contributed by atoms with Gasteiger partial charge in [-0.15, -0.1) is 0 Å². The van der Waals surface area contributed by atoms with Crippen molar-refractivity contribution in [3.8, 4) is 0 Å². The van der Waals surface area contributed by atoms with E-state index in [2.05, 4.69) is 19.2 Å². The van der Waals surface area contributed by atoms with Crippen LogP contribution in [0.5, 0.6) is 0 Å². The molecule has 1 fully saturated rings. The molecule has 2 rings (SSSR count). The molecule has 0 spiro atoms. The SMILES string of the molecule is Cc1ccc(CCC(=O)NC2CCC(C)(C)C2)cc1Cl. The van der Waals surface area contributed by atoms with Gasteiger partial charge in [-0.3, -0.25) is 4.79 Å². The molecule has 0 bridgehead atoms. The Morgan fingerprint density at radius 2 is 2.20 bits per heavy atom. The number of benzene rings is 1. The molecular formula is C17H24ClNO. The van der Waals surface area contributed by atoms with E-state index in [0.29, 0.717) is 17.9 Å². The average molecular weight is 294 g/mol. The maximum Gasteiger partial charge on any atom is 0.220 e. The third kappa shape index (κ3) is 4.24. The van der Waals surface area contributed by atoms with Crippen LogP contribution in [0.4, 0.5) is 0 Å². The van der Waals surface area contributed by atoms with Crippen LogP contribution in [0.15, 0.2) is 18.2 Å². The van der Waals surface area contributed by atoms with Gasteiger partial charge in [-0.05, 0) is 55.2 Å². The Hall–Kier alpha value is -1.02. The molecule has 0 saturated heterocycles. The van der Waals surface area contributed by atoms with Gasteiger partial charge in [0.1, 0.15) is 0 Å². The van der Waals surface area contributed by atoms with E-state index in [-0.39, 0.29) is 5.91 Å². The monoisotopic (exact) mass is 293 g/mol. The zero-order valence-electron chi connectivity index (χ0n) is 12.6. The van der Waals surface area contributed by atoms with Crippen molar-refractivity contribution in [2.24, 2.45) is 5.41 Å². The molecule has 1 atom stereocenters. The molecule has 0 aromatic heterocycles. The molecule has 1 aromatic carbocycles. The van der Waals surface area contributed by atoms with Crippen molar-refractivity contribution < 1.29 is 4.79 Å². The van der Waals surface area contributed by atoms with Gasteiger partial charge in [-0.1, -0.05) is 37.6 Å². The highest BCUT2D eigenvalue weighted by molar-refractivity contribution is 6.31. The largest absolute Gasteiger partial charge is 0.353 e. The van der Waals surface area contributed by atoms with Crippen LogP contribution in [-0.2, 0) is 11.2 Å². The molecule has 1 aliphatic rings. The van der Waals surface area contributed by atoms with Gasteiger partial charge in [-0.25, -0.2) is 0 Å². The topological polar surface area (TPSA) is 29.1 Å². The smallest absolute Gasteiger partial charge is 0.220 e. The second-order valence-corrected chi connectivity index (χ2v) is 7.16. The van der Waals surface area contributed by atoms with Gasteiger partial charge < -0.3 is 5.32 Å². The highest BCUT2D eigenvalue weighted by atomic mass is 35.5. The quantitative estimate of drug-likeness (QED) is 0.882. The van der Waals surface area contributed by atoms with Crippen molar-refractivity contribution in [2.75, 3.05) is 0 Å². The zero-order valence-corrected chi connectivity index (χ0v) is 13.4. The molecule has 0 heterocycles. The van der Waals surface area contributed by atoms with Gasteiger partial charge in [0.25, 0.3) is 0 Å². The lowest BCUT2D eigenvalue weighted by Crippen LogP contribution is -2.33. The van der Waals surface area contributed by atoms with Gasteiger partial charge in [0.2, 0.25) is 5.91 Å². The number of aryl methyl sites for hydroxylation is 2. The van der Waals surface area contributed by atoms with Gasteiger partial charge in [0.05, 0.1) is 0 Å². The summed E-state index contributed by atoms with van der Waals surface area (Å²) in [5, 5.41) is 3.94. The first-order chi connectivity index (χ1) is 9.35. The Morgan fingerprint density at radius 3 is 2.80 bits per heavy atom. The first-order valence-electron chi connectivity index (χ1n) is 7.40. The normalized spacial score (nSPS) is 20.9. The fourth-order valence-electron chi connectivity index (χ4n) is 2.91. The molecular weight excluding hydrogens is 270 g/mol. The van der Waals surface area contributed by atoms with Crippen LogP contribution >= 0.6 is 11.6 Å².